The molecule has 122 valence electrons. The van der Waals surface area contributed by atoms with Crippen LogP contribution >= 0.6 is 0 Å². The summed E-state index contributed by atoms with van der Waals surface area (Å²) in [5.74, 6) is 0. The maximum atomic E-state index is 2.54. The van der Waals surface area contributed by atoms with Crippen LogP contribution in [0.5, 0.6) is 0 Å². The quantitative estimate of drug-likeness (QED) is 0.659. The van der Waals surface area contributed by atoms with Crippen LogP contribution in [0.15, 0.2) is 24.5 Å². The topological polar surface area (TPSA) is 7.12 Å². The molecule has 1 rings (SSSR count). The van der Waals surface area contributed by atoms with Crippen LogP contribution < -0.4 is 21.9 Å². The Balaban J connectivity index is 0.00000400. The van der Waals surface area contributed by atoms with Gasteiger partial charge in [-0.25, -0.2) is 4.57 Å². The zero-order valence-corrected chi connectivity index (χ0v) is 15.3. The fourth-order valence-electron chi connectivity index (χ4n) is 2.38. The summed E-state index contributed by atoms with van der Waals surface area (Å²) in [6.07, 6.45) is 9.54. The molecular formula is C18H33ClN2. The first kappa shape index (κ1) is 20.2. The first-order chi connectivity index (χ1) is 9.46. The number of halogens is 1. The van der Waals surface area contributed by atoms with E-state index in [2.05, 4.69) is 68.6 Å². The van der Waals surface area contributed by atoms with Gasteiger partial charge in [-0.1, -0.05) is 47.5 Å². The molecule has 0 saturated heterocycles. The predicted octanol–water partition coefficient (Wildman–Crippen LogP) is 1.43. The summed E-state index contributed by atoms with van der Waals surface area (Å²) >= 11 is 0. The van der Waals surface area contributed by atoms with Gasteiger partial charge in [0.1, 0.15) is 0 Å². The molecule has 0 aliphatic rings. The molecule has 0 amide bonds. The van der Waals surface area contributed by atoms with Crippen molar-refractivity contribution in [1.82, 2.24) is 0 Å². The van der Waals surface area contributed by atoms with Crippen LogP contribution in [0, 0.1) is 5.41 Å². The molecule has 0 unspecified atom stereocenters. The zero-order valence-electron chi connectivity index (χ0n) is 14.5. The molecule has 3 heteroatoms. The molecule has 0 atom stereocenters. The highest BCUT2D eigenvalue weighted by molar-refractivity contribution is 5.43. The maximum Gasteiger partial charge on any atom is 0.170 e. The Hall–Kier alpha value is -0.760. The Morgan fingerprint density at radius 3 is 1.81 bits per heavy atom. The van der Waals surface area contributed by atoms with Crippen molar-refractivity contribution in [3.8, 4) is 0 Å². The van der Waals surface area contributed by atoms with E-state index >= 15 is 0 Å². The summed E-state index contributed by atoms with van der Waals surface area (Å²) < 4.78 is 2.29. The number of hydrogen-bond donors (Lipinski definition) is 0. The van der Waals surface area contributed by atoms with Crippen LogP contribution in [0.1, 0.15) is 60.3 Å². The van der Waals surface area contributed by atoms with Gasteiger partial charge in [-0.05, 0) is 12.8 Å². The number of anilines is 1. The van der Waals surface area contributed by atoms with Gasteiger partial charge in [-0.15, -0.1) is 0 Å². The molecule has 0 fully saturated rings. The molecule has 0 saturated carbocycles. The fraction of sp³-hybridized carbons (Fsp3) is 0.722. The monoisotopic (exact) mass is 312 g/mol. The van der Waals surface area contributed by atoms with Crippen LogP contribution in [-0.4, -0.2) is 13.1 Å². The summed E-state index contributed by atoms with van der Waals surface area (Å²) in [5, 5.41) is 0. The van der Waals surface area contributed by atoms with Crippen LogP contribution in [0.3, 0.4) is 0 Å². The molecule has 2 nitrogen and oxygen atoms in total. The van der Waals surface area contributed by atoms with E-state index in [4.69, 9.17) is 0 Å². The molecular weight excluding hydrogens is 280 g/mol. The van der Waals surface area contributed by atoms with E-state index in [9.17, 15) is 0 Å². The number of unbranched alkanes of at least 4 members (excludes halogenated alkanes) is 2. The second-order valence-corrected chi connectivity index (χ2v) is 6.98. The second-order valence-electron chi connectivity index (χ2n) is 6.98. The van der Waals surface area contributed by atoms with Crippen LogP contribution in [0.4, 0.5) is 5.69 Å². The van der Waals surface area contributed by atoms with Crippen molar-refractivity contribution in [2.45, 2.75) is 66.8 Å². The highest BCUT2D eigenvalue weighted by atomic mass is 35.5. The molecule has 21 heavy (non-hydrogen) atoms. The van der Waals surface area contributed by atoms with Crippen LogP contribution in [0.2, 0.25) is 0 Å². The third-order valence-corrected chi connectivity index (χ3v) is 3.46. The second kappa shape index (κ2) is 10.0. The number of nitrogens with zero attached hydrogens (tertiary/aromatic N) is 2. The van der Waals surface area contributed by atoms with E-state index in [-0.39, 0.29) is 12.4 Å². The number of rotatable bonds is 8. The van der Waals surface area contributed by atoms with Crippen molar-refractivity contribution in [3.63, 3.8) is 0 Å². The van der Waals surface area contributed by atoms with E-state index in [1.54, 1.807) is 0 Å². The Morgan fingerprint density at radius 1 is 0.952 bits per heavy atom. The summed E-state index contributed by atoms with van der Waals surface area (Å²) in [6.45, 7) is 14.8. The Morgan fingerprint density at radius 2 is 1.43 bits per heavy atom. The van der Waals surface area contributed by atoms with Crippen molar-refractivity contribution < 1.29 is 17.0 Å². The van der Waals surface area contributed by atoms with E-state index in [0.29, 0.717) is 5.41 Å². The molecule has 1 aromatic heterocycles. The van der Waals surface area contributed by atoms with Gasteiger partial charge in [0, 0.05) is 36.3 Å². The first-order valence-electron chi connectivity index (χ1n) is 8.20. The lowest BCUT2D eigenvalue weighted by Gasteiger charge is -2.24. The SMILES string of the molecule is CCCCN(CCCC)c1cc[n+](CC(C)(C)C)cc1.[Cl-]. The van der Waals surface area contributed by atoms with Crippen molar-refractivity contribution in [2.75, 3.05) is 18.0 Å². The molecule has 1 heterocycles. The minimum atomic E-state index is 0. The molecule has 0 radical (unpaired) electrons. The maximum absolute atomic E-state index is 2.54. The lowest BCUT2D eigenvalue weighted by molar-refractivity contribution is -0.708. The standard InChI is InChI=1S/C18H33N2.ClH/c1-6-8-12-20(13-9-7-2)17-10-14-19(15-11-17)16-18(3,4)5;/h10-11,14-15H,6-9,12-13,16H2,1-5H3;1H/q+1;/p-1. The normalized spacial score (nSPS) is 11.1. The van der Waals surface area contributed by atoms with E-state index in [1.165, 1.54) is 44.5 Å². The molecule has 0 aliphatic heterocycles. The van der Waals surface area contributed by atoms with Gasteiger partial charge in [-0.2, -0.15) is 0 Å². The van der Waals surface area contributed by atoms with Gasteiger partial charge < -0.3 is 17.3 Å². The minimum absolute atomic E-state index is 0. The van der Waals surface area contributed by atoms with Gasteiger partial charge in [0.25, 0.3) is 0 Å². The van der Waals surface area contributed by atoms with Crippen molar-refractivity contribution in [2.24, 2.45) is 5.41 Å². The van der Waals surface area contributed by atoms with Crippen LogP contribution in [0.25, 0.3) is 0 Å². The Labute approximate surface area is 138 Å². The predicted molar refractivity (Wildman–Crippen MR) is 88.1 cm³/mol. The van der Waals surface area contributed by atoms with Gasteiger partial charge in [0.15, 0.2) is 18.9 Å². The van der Waals surface area contributed by atoms with Crippen molar-refractivity contribution in [3.05, 3.63) is 24.5 Å². The van der Waals surface area contributed by atoms with E-state index in [1.807, 2.05) is 0 Å². The number of hydrogen-bond acceptors (Lipinski definition) is 1. The number of aromatic nitrogens is 1. The van der Waals surface area contributed by atoms with E-state index < -0.39 is 0 Å². The lowest BCUT2D eigenvalue weighted by Crippen LogP contribution is -3.00. The first-order valence-corrected chi connectivity index (χ1v) is 8.20. The van der Waals surface area contributed by atoms with Crippen molar-refractivity contribution in [1.29, 1.82) is 0 Å². The van der Waals surface area contributed by atoms with Crippen LogP contribution in [-0.2, 0) is 6.54 Å². The summed E-state index contributed by atoms with van der Waals surface area (Å²) in [5.41, 5.74) is 1.70. The summed E-state index contributed by atoms with van der Waals surface area (Å²) in [4.78, 5) is 2.54. The largest absolute Gasteiger partial charge is 1.00 e. The van der Waals surface area contributed by atoms with E-state index in [0.717, 1.165) is 6.54 Å². The molecule has 0 spiro atoms. The van der Waals surface area contributed by atoms with Gasteiger partial charge >= 0.3 is 0 Å². The van der Waals surface area contributed by atoms with Crippen molar-refractivity contribution >= 4 is 5.69 Å². The molecule has 0 N–H and O–H groups in total. The average Bonchev–Trinajstić information content (AvgIpc) is 2.38. The third-order valence-electron chi connectivity index (χ3n) is 3.46. The Bertz CT molecular complexity index is 360. The highest BCUT2D eigenvalue weighted by Crippen LogP contribution is 2.16. The molecule has 1 aromatic rings. The minimum Gasteiger partial charge on any atom is -1.00 e. The third kappa shape index (κ3) is 8.31. The Kier molecular flexibility index (Phi) is 9.68. The van der Waals surface area contributed by atoms with Gasteiger partial charge in [0.2, 0.25) is 0 Å². The summed E-state index contributed by atoms with van der Waals surface area (Å²) in [7, 11) is 0. The zero-order chi connectivity index (χ0) is 15.0. The summed E-state index contributed by atoms with van der Waals surface area (Å²) in [6, 6.07) is 4.55. The molecule has 0 aliphatic carbocycles. The van der Waals surface area contributed by atoms with Gasteiger partial charge in [-0.3, -0.25) is 0 Å². The smallest absolute Gasteiger partial charge is 0.170 e. The fourth-order valence-corrected chi connectivity index (χ4v) is 2.38. The number of pyridine rings is 1. The van der Waals surface area contributed by atoms with Gasteiger partial charge in [0.05, 0.1) is 0 Å². The average molecular weight is 313 g/mol. The lowest BCUT2D eigenvalue weighted by atomic mass is 9.97. The molecule has 0 bridgehead atoms. The molecule has 0 aromatic carbocycles. The highest BCUT2D eigenvalue weighted by Gasteiger charge is 2.17.